The number of methoxy groups -OCH3 is 1. The van der Waals surface area contributed by atoms with Gasteiger partial charge in [0.2, 0.25) is 5.91 Å². The average Bonchev–Trinajstić information content (AvgIpc) is 3.71. The van der Waals surface area contributed by atoms with E-state index in [9.17, 15) is 18.8 Å². The summed E-state index contributed by atoms with van der Waals surface area (Å²) in [4.78, 5) is 39.9. The van der Waals surface area contributed by atoms with Crippen molar-refractivity contribution < 1.29 is 28.2 Å². The SMILES string of the molecule is CCOC(=O)c1c(NC(=O)[C@@H](C)Sc2nnc(CNC(=O)c3ccc(OC)cc3)n2-c2ccc(F)cc2)sc2c1CCC2. The Hall–Kier alpha value is -4.23. The van der Waals surface area contributed by atoms with Gasteiger partial charge in [-0.2, -0.15) is 0 Å². The second-order valence-electron chi connectivity index (χ2n) is 9.65. The molecule has 2 N–H and O–H groups in total. The number of carbonyl (C=O) groups excluding carboxylic acids is 3. The lowest BCUT2D eigenvalue weighted by atomic mass is 10.1. The Balaban J connectivity index is 1.34. The zero-order valence-corrected chi connectivity index (χ0v) is 25.4. The van der Waals surface area contributed by atoms with Crippen LogP contribution in [0.15, 0.2) is 53.7 Å². The number of hydrogen-bond donors (Lipinski definition) is 2. The third kappa shape index (κ3) is 6.73. The van der Waals surface area contributed by atoms with Crippen molar-refractivity contribution in [3.8, 4) is 11.4 Å². The molecule has 10 nitrogen and oxygen atoms in total. The maximum absolute atomic E-state index is 13.7. The smallest absolute Gasteiger partial charge is 0.341 e. The Morgan fingerprint density at radius 2 is 1.84 bits per heavy atom. The van der Waals surface area contributed by atoms with Crippen molar-refractivity contribution in [1.29, 1.82) is 0 Å². The van der Waals surface area contributed by atoms with Crippen LogP contribution in [0.5, 0.6) is 5.75 Å². The Bertz CT molecular complexity index is 1640. The van der Waals surface area contributed by atoms with Gasteiger partial charge in [0.25, 0.3) is 5.91 Å². The fourth-order valence-electron chi connectivity index (χ4n) is 4.68. The Kier molecular flexibility index (Phi) is 9.41. The van der Waals surface area contributed by atoms with Gasteiger partial charge in [-0.1, -0.05) is 11.8 Å². The summed E-state index contributed by atoms with van der Waals surface area (Å²) in [5, 5.41) is 14.5. The summed E-state index contributed by atoms with van der Waals surface area (Å²) in [6, 6.07) is 12.4. The molecule has 43 heavy (non-hydrogen) atoms. The lowest BCUT2D eigenvalue weighted by Crippen LogP contribution is -2.25. The number of nitrogens with one attached hydrogen (secondary N) is 2. The first-order valence-electron chi connectivity index (χ1n) is 13.7. The number of thioether (sulfide) groups is 1. The number of amides is 2. The van der Waals surface area contributed by atoms with Gasteiger partial charge in [-0.15, -0.1) is 21.5 Å². The van der Waals surface area contributed by atoms with Gasteiger partial charge in [-0.05, 0) is 87.2 Å². The molecule has 0 aliphatic heterocycles. The summed E-state index contributed by atoms with van der Waals surface area (Å²) in [5.74, 6) is -0.462. The standard InChI is InChI=1S/C30H30FN5O5S2/c1-4-41-29(39)25-22-6-5-7-23(22)43-28(25)33-26(37)17(2)42-30-35-34-24(36(30)20-12-10-19(31)11-13-20)16-32-27(38)18-8-14-21(40-3)15-9-18/h8-15,17H,4-7,16H2,1-3H3,(H,32,38)(H,33,37)/t17-/m1/s1. The molecule has 5 rings (SSSR count). The highest BCUT2D eigenvalue weighted by Gasteiger charge is 2.30. The van der Waals surface area contributed by atoms with Crippen LogP contribution in [0.1, 0.15) is 57.2 Å². The highest BCUT2D eigenvalue weighted by molar-refractivity contribution is 8.00. The first kappa shape index (κ1) is 30.2. The molecule has 13 heteroatoms. The Morgan fingerprint density at radius 1 is 1.09 bits per heavy atom. The molecule has 0 unspecified atom stereocenters. The number of esters is 1. The zero-order valence-electron chi connectivity index (χ0n) is 23.8. The fourth-order valence-corrected chi connectivity index (χ4v) is 6.85. The number of ether oxygens (including phenoxy) is 2. The van der Waals surface area contributed by atoms with Gasteiger partial charge in [0, 0.05) is 16.1 Å². The van der Waals surface area contributed by atoms with Crippen molar-refractivity contribution in [3.63, 3.8) is 0 Å². The van der Waals surface area contributed by atoms with Gasteiger partial charge in [0.05, 0.1) is 31.1 Å². The molecular formula is C30H30FN5O5S2. The predicted octanol–water partition coefficient (Wildman–Crippen LogP) is 5.19. The minimum atomic E-state index is -0.642. The molecule has 0 saturated heterocycles. The number of hydrogen-bond acceptors (Lipinski definition) is 9. The van der Waals surface area contributed by atoms with Gasteiger partial charge in [-0.25, -0.2) is 9.18 Å². The van der Waals surface area contributed by atoms with E-state index in [2.05, 4.69) is 20.8 Å². The number of thiophene rings is 1. The van der Waals surface area contributed by atoms with Gasteiger partial charge < -0.3 is 20.1 Å². The minimum Gasteiger partial charge on any atom is -0.497 e. The number of fused-ring (bicyclic) bond motifs is 1. The summed E-state index contributed by atoms with van der Waals surface area (Å²) in [7, 11) is 1.55. The van der Waals surface area contributed by atoms with Crippen LogP contribution in [0.3, 0.4) is 0 Å². The van der Waals surface area contributed by atoms with Crippen molar-refractivity contribution in [2.75, 3.05) is 19.0 Å². The fraction of sp³-hybridized carbons (Fsp3) is 0.300. The number of rotatable bonds is 11. The third-order valence-corrected chi connectivity index (χ3v) is 9.08. The maximum Gasteiger partial charge on any atom is 0.341 e. The number of halogens is 1. The maximum atomic E-state index is 13.7. The van der Waals surface area contributed by atoms with E-state index in [4.69, 9.17) is 9.47 Å². The number of anilines is 1. The minimum absolute atomic E-state index is 0.0278. The molecule has 0 bridgehead atoms. The molecule has 4 aromatic rings. The van der Waals surface area contributed by atoms with Crippen molar-refractivity contribution in [2.24, 2.45) is 0 Å². The Morgan fingerprint density at radius 3 is 2.53 bits per heavy atom. The lowest BCUT2D eigenvalue weighted by Gasteiger charge is -2.14. The molecular weight excluding hydrogens is 593 g/mol. The molecule has 0 fully saturated rings. The molecule has 2 aromatic carbocycles. The second kappa shape index (κ2) is 13.4. The monoisotopic (exact) mass is 623 g/mol. The molecule has 0 radical (unpaired) electrons. The largest absolute Gasteiger partial charge is 0.497 e. The van der Waals surface area contributed by atoms with E-state index in [1.165, 1.54) is 23.5 Å². The molecule has 224 valence electrons. The summed E-state index contributed by atoms with van der Waals surface area (Å²) in [6.07, 6.45) is 2.61. The number of aryl methyl sites for hydroxylation is 1. The van der Waals surface area contributed by atoms with Crippen LogP contribution in [0.4, 0.5) is 9.39 Å². The van der Waals surface area contributed by atoms with Crippen LogP contribution in [-0.4, -0.2) is 51.5 Å². The predicted molar refractivity (Wildman–Crippen MR) is 162 cm³/mol. The molecule has 1 aliphatic carbocycles. The van der Waals surface area contributed by atoms with Gasteiger partial charge in [-0.3, -0.25) is 14.2 Å². The van der Waals surface area contributed by atoms with Gasteiger partial charge in [0.15, 0.2) is 11.0 Å². The van der Waals surface area contributed by atoms with Crippen LogP contribution in [0, 0.1) is 5.82 Å². The number of nitrogens with zero attached hydrogens (tertiary/aromatic N) is 3. The number of carbonyl (C=O) groups is 3. The van der Waals surface area contributed by atoms with E-state index in [0.29, 0.717) is 38.5 Å². The first-order valence-corrected chi connectivity index (χ1v) is 15.4. The number of benzene rings is 2. The zero-order chi connectivity index (χ0) is 30.5. The normalized spacial score (nSPS) is 12.8. The van der Waals surface area contributed by atoms with E-state index in [1.807, 2.05) is 0 Å². The lowest BCUT2D eigenvalue weighted by molar-refractivity contribution is -0.115. The van der Waals surface area contributed by atoms with E-state index in [0.717, 1.165) is 41.5 Å². The molecule has 1 atom stereocenters. The molecule has 0 saturated carbocycles. The van der Waals surface area contributed by atoms with E-state index in [-0.39, 0.29) is 25.0 Å². The van der Waals surface area contributed by atoms with Crippen LogP contribution >= 0.6 is 23.1 Å². The summed E-state index contributed by atoms with van der Waals surface area (Å²) >= 11 is 2.56. The van der Waals surface area contributed by atoms with E-state index in [1.54, 1.807) is 61.9 Å². The van der Waals surface area contributed by atoms with Crippen molar-refractivity contribution in [2.45, 2.75) is 50.1 Å². The molecule has 0 spiro atoms. The highest BCUT2D eigenvalue weighted by atomic mass is 32.2. The quantitative estimate of drug-likeness (QED) is 0.173. The van der Waals surface area contributed by atoms with Crippen LogP contribution < -0.4 is 15.4 Å². The summed E-state index contributed by atoms with van der Waals surface area (Å²) < 4.78 is 25.8. The van der Waals surface area contributed by atoms with E-state index < -0.39 is 17.0 Å². The van der Waals surface area contributed by atoms with Crippen molar-refractivity contribution >= 4 is 45.9 Å². The van der Waals surface area contributed by atoms with Crippen LogP contribution in [0.25, 0.3) is 5.69 Å². The van der Waals surface area contributed by atoms with Gasteiger partial charge >= 0.3 is 5.97 Å². The highest BCUT2D eigenvalue weighted by Crippen LogP contribution is 2.40. The third-order valence-electron chi connectivity index (χ3n) is 6.83. The van der Waals surface area contributed by atoms with E-state index >= 15 is 0 Å². The van der Waals surface area contributed by atoms with Crippen LogP contribution in [-0.2, 0) is 28.9 Å². The second-order valence-corrected chi connectivity index (χ2v) is 12.1. The number of aromatic nitrogens is 3. The Labute approximate surface area is 256 Å². The molecule has 2 aromatic heterocycles. The molecule has 2 heterocycles. The van der Waals surface area contributed by atoms with Crippen LogP contribution in [0.2, 0.25) is 0 Å². The van der Waals surface area contributed by atoms with Gasteiger partial charge in [0.1, 0.15) is 16.6 Å². The molecule has 1 aliphatic rings. The van der Waals surface area contributed by atoms with Crippen molar-refractivity contribution in [1.82, 2.24) is 20.1 Å². The molecule has 2 amide bonds. The average molecular weight is 624 g/mol. The topological polar surface area (TPSA) is 124 Å². The first-order chi connectivity index (χ1) is 20.8. The summed E-state index contributed by atoms with van der Waals surface area (Å²) in [6.45, 7) is 3.74. The van der Waals surface area contributed by atoms with Crippen molar-refractivity contribution in [3.05, 3.63) is 81.7 Å². The summed E-state index contributed by atoms with van der Waals surface area (Å²) in [5.41, 5.74) is 2.40.